The Labute approximate surface area is 285 Å². The van der Waals surface area contributed by atoms with Gasteiger partial charge in [0.25, 0.3) is 11.8 Å². The summed E-state index contributed by atoms with van der Waals surface area (Å²) in [6.07, 6.45) is 1.80. The van der Waals surface area contributed by atoms with Crippen LogP contribution in [0.5, 0.6) is 11.5 Å². The number of likely N-dealkylation sites (tertiary alicyclic amines) is 3. The number of rotatable bonds is 9. The Balaban J connectivity index is 1.17. The molecule has 2 amide bonds. The number of benzene rings is 2. The molecule has 1 aromatic heterocycles. The predicted molar refractivity (Wildman–Crippen MR) is 180 cm³/mol. The van der Waals surface area contributed by atoms with Crippen molar-refractivity contribution in [2.75, 3.05) is 39.8 Å². The number of halogens is 3. The zero-order chi connectivity index (χ0) is 34.9. The average molecular weight is 679 g/mol. The summed E-state index contributed by atoms with van der Waals surface area (Å²) in [6.45, 7) is 8.02. The van der Waals surface area contributed by atoms with Gasteiger partial charge in [-0.05, 0) is 93.2 Å². The Morgan fingerprint density at radius 3 is 2.39 bits per heavy atom. The van der Waals surface area contributed by atoms with Gasteiger partial charge in [-0.2, -0.15) is 10.2 Å². The van der Waals surface area contributed by atoms with Crippen LogP contribution in [0.3, 0.4) is 0 Å². The number of ether oxygens (including phenoxy) is 1. The zero-order valence-corrected chi connectivity index (χ0v) is 28.6. The molecule has 49 heavy (non-hydrogen) atoms. The number of amides is 2. The van der Waals surface area contributed by atoms with Crippen molar-refractivity contribution >= 4 is 11.8 Å². The summed E-state index contributed by atoms with van der Waals surface area (Å²) < 4.78 is 51.4. The molecule has 1 N–H and O–H groups in total. The normalized spacial score (nSPS) is 22.1. The summed E-state index contributed by atoms with van der Waals surface area (Å²) in [5.74, 6) is -2.93. The Hall–Kier alpha value is -4.03. The fourth-order valence-electron chi connectivity index (χ4n) is 7.11. The van der Waals surface area contributed by atoms with Gasteiger partial charge in [0.05, 0.1) is 29.5 Å². The molecule has 0 aliphatic carbocycles. The minimum atomic E-state index is -2.80. The molecule has 3 aliphatic heterocycles. The number of alkyl halides is 2. The topological polar surface area (TPSA) is 90.9 Å². The second kappa shape index (κ2) is 14.4. The van der Waals surface area contributed by atoms with Crippen LogP contribution < -0.4 is 10.1 Å². The monoisotopic (exact) mass is 678 g/mol. The summed E-state index contributed by atoms with van der Waals surface area (Å²) in [6, 6.07) is 12.7. The smallest absolute Gasteiger partial charge is 0.275 e. The van der Waals surface area contributed by atoms with Crippen molar-refractivity contribution in [2.24, 2.45) is 5.92 Å². The number of aromatic nitrogens is 2. The van der Waals surface area contributed by atoms with E-state index in [1.807, 2.05) is 36.1 Å². The lowest BCUT2D eigenvalue weighted by molar-refractivity contribution is -0.128. The maximum Gasteiger partial charge on any atom is 0.275 e. The molecule has 3 fully saturated rings. The molecule has 3 aromatic rings. The van der Waals surface area contributed by atoms with Gasteiger partial charge in [0.15, 0.2) is 0 Å². The summed E-state index contributed by atoms with van der Waals surface area (Å²) >= 11 is 0. The predicted octanol–water partition coefficient (Wildman–Crippen LogP) is 6.10. The Morgan fingerprint density at radius 1 is 1.04 bits per heavy atom. The van der Waals surface area contributed by atoms with Crippen molar-refractivity contribution < 1.29 is 27.5 Å². The van der Waals surface area contributed by atoms with E-state index in [1.54, 1.807) is 29.0 Å². The molecule has 0 saturated carbocycles. The number of carbonyl (C=O) groups excluding carboxylic acids is 2. The minimum Gasteiger partial charge on any atom is -0.457 e. The first-order valence-corrected chi connectivity index (χ1v) is 17.2. The molecule has 3 aliphatic rings. The number of piperidine rings is 2. The molecule has 1 unspecified atom stereocenters. The fourth-order valence-corrected chi connectivity index (χ4v) is 7.11. The first kappa shape index (κ1) is 34.8. The van der Waals surface area contributed by atoms with Gasteiger partial charge in [-0.1, -0.05) is 20.8 Å². The van der Waals surface area contributed by atoms with Crippen molar-refractivity contribution in [3.63, 3.8) is 0 Å². The van der Waals surface area contributed by atoms with E-state index in [2.05, 4.69) is 29.4 Å². The van der Waals surface area contributed by atoms with E-state index in [0.29, 0.717) is 68.9 Å². The zero-order valence-electron chi connectivity index (χ0n) is 28.6. The van der Waals surface area contributed by atoms with Gasteiger partial charge in [-0.15, -0.1) is 0 Å². The average Bonchev–Trinajstić information content (AvgIpc) is 3.38. The lowest BCUT2D eigenvalue weighted by atomic mass is 9.95. The molecular formula is C37H45F3N6O3. The van der Waals surface area contributed by atoms with E-state index in [9.17, 15) is 18.4 Å². The van der Waals surface area contributed by atoms with E-state index in [1.165, 1.54) is 12.1 Å². The Kier molecular flexibility index (Phi) is 10.3. The van der Waals surface area contributed by atoms with Gasteiger partial charge < -0.3 is 19.9 Å². The van der Waals surface area contributed by atoms with Crippen molar-refractivity contribution in [2.45, 2.75) is 76.9 Å². The third-order valence-electron chi connectivity index (χ3n) is 9.88. The number of hydrogen-bond donors (Lipinski definition) is 1. The van der Waals surface area contributed by atoms with Crippen LogP contribution in [-0.4, -0.2) is 94.5 Å². The summed E-state index contributed by atoms with van der Waals surface area (Å²) in [4.78, 5) is 31.2. The Morgan fingerprint density at radius 2 is 1.78 bits per heavy atom. The second-order valence-corrected chi connectivity index (χ2v) is 14.2. The highest BCUT2D eigenvalue weighted by Crippen LogP contribution is 2.34. The first-order chi connectivity index (χ1) is 23.4. The highest BCUT2D eigenvalue weighted by Gasteiger charge is 2.47. The molecular weight excluding hydrogens is 633 g/mol. The molecule has 3 saturated heterocycles. The van der Waals surface area contributed by atoms with Crippen molar-refractivity contribution in [1.29, 1.82) is 0 Å². The molecule has 262 valence electrons. The van der Waals surface area contributed by atoms with E-state index in [4.69, 9.17) is 4.74 Å². The lowest BCUT2D eigenvalue weighted by Gasteiger charge is -2.45. The van der Waals surface area contributed by atoms with Gasteiger partial charge in [0.2, 0.25) is 5.91 Å². The van der Waals surface area contributed by atoms with Crippen molar-refractivity contribution in [3.8, 4) is 22.8 Å². The van der Waals surface area contributed by atoms with Crippen LogP contribution in [0.4, 0.5) is 13.2 Å². The third kappa shape index (κ3) is 8.07. The van der Waals surface area contributed by atoms with Gasteiger partial charge in [0, 0.05) is 49.8 Å². The SMILES string of the molecule is CC(C)c1ccc(-c2ccc(Oc3cc(C(=O)NC4CCN(C5CCN(C)CC5(F)F)CC4)c(F)cc3CN3C[C@@H](C)CC3=O)cc2)nn1. The summed E-state index contributed by atoms with van der Waals surface area (Å²) in [7, 11) is 1.71. The van der Waals surface area contributed by atoms with Crippen LogP contribution in [0.25, 0.3) is 11.3 Å². The molecule has 6 rings (SSSR count). The molecule has 2 atom stereocenters. The van der Waals surface area contributed by atoms with Crippen LogP contribution in [0.2, 0.25) is 0 Å². The standard InChI is InChI=1S/C37H45F3N6O3/c1-23(2)31-9-10-32(43-42-31)25-5-7-28(8-6-25)49-33-19-29(30(38)18-26(33)21-46-20-24(3)17-35(46)47)36(48)41-27-11-15-45(16-12-27)34-13-14-44(4)22-37(34,39)40/h5-10,18-19,23-24,27,34H,11-17,20-22H2,1-4H3,(H,41,48)/t24-,34?/m0/s1. The molecule has 4 heterocycles. The van der Waals surface area contributed by atoms with Gasteiger partial charge in [-0.25, -0.2) is 13.2 Å². The maximum absolute atomic E-state index is 15.6. The summed E-state index contributed by atoms with van der Waals surface area (Å²) in [5, 5.41) is 11.6. The molecule has 2 aromatic carbocycles. The van der Waals surface area contributed by atoms with Crippen LogP contribution in [-0.2, 0) is 11.3 Å². The fraction of sp³-hybridized carbons (Fsp3) is 0.514. The molecule has 9 nitrogen and oxygen atoms in total. The lowest BCUT2D eigenvalue weighted by Crippen LogP contribution is -2.60. The van der Waals surface area contributed by atoms with Gasteiger partial charge in [-0.3, -0.25) is 14.5 Å². The van der Waals surface area contributed by atoms with Crippen LogP contribution in [0, 0.1) is 11.7 Å². The van der Waals surface area contributed by atoms with Crippen LogP contribution >= 0.6 is 0 Å². The highest BCUT2D eigenvalue weighted by molar-refractivity contribution is 5.95. The van der Waals surface area contributed by atoms with E-state index < -0.39 is 23.7 Å². The van der Waals surface area contributed by atoms with Crippen LogP contribution in [0.1, 0.15) is 74.0 Å². The van der Waals surface area contributed by atoms with Gasteiger partial charge >= 0.3 is 0 Å². The molecule has 12 heteroatoms. The second-order valence-electron chi connectivity index (χ2n) is 14.2. The Bertz CT molecular complexity index is 1640. The van der Waals surface area contributed by atoms with E-state index >= 15 is 4.39 Å². The van der Waals surface area contributed by atoms with Crippen molar-refractivity contribution in [1.82, 2.24) is 30.2 Å². The van der Waals surface area contributed by atoms with Crippen LogP contribution in [0.15, 0.2) is 48.5 Å². The van der Waals surface area contributed by atoms with Crippen molar-refractivity contribution in [3.05, 3.63) is 71.2 Å². The number of nitrogens with zero attached hydrogens (tertiary/aromatic N) is 5. The maximum atomic E-state index is 15.6. The molecule has 0 bridgehead atoms. The first-order valence-electron chi connectivity index (χ1n) is 17.2. The largest absolute Gasteiger partial charge is 0.457 e. The van der Waals surface area contributed by atoms with E-state index in [0.717, 1.165) is 11.3 Å². The number of hydrogen-bond acceptors (Lipinski definition) is 7. The number of nitrogens with one attached hydrogen (secondary N) is 1. The van der Waals surface area contributed by atoms with Gasteiger partial charge in [0.1, 0.15) is 17.3 Å². The quantitative estimate of drug-likeness (QED) is 0.293. The molecule has 0 spiro atoms. The minimum absolute atomic E-state index is 0.0148. The number of carbonyl (C=O) groups is 2. The highest BCUT2D eigenvalue weighted by atomic mass is 19.3. The molecule has 0 radical (unpaired) electrons. The van der Waals surface area contributed by atoms with E-state index in [-0.39, 0.29) is 48.2 Å². The summed E-state index contributed by atoms with van der Waals surface area (Å²) in [5.41, 5.74) is 2.73. The third-order valence-corrected chi connectivity index (χ3v) is 9.88.